The van der Waals surface area contributed by atoms with Gasteiger partial charge in [-0.2, -0.15) is 0 Å². The van der Waals surface area contributed by atoms with E-state index >= 15 is 0 Å². The number of amides is 1. The van der Waals surface area contributed by atoms with E-state index in [0.717, 1.165) is 17.3 Å². The molecule has 0 saturated carbocycles. The van der Waals surface area contributed by atoms with Crippen LogP contribution in [0.2, 0.25) is 0 Å². The predicted octanol–water partition coefficient (Wildman–Crippen LogP) is 4.04. The van der Waals surface area contributed by atoms with E-state index in [1.807, 2.05) is 54.6 Å². The lowest BCUT2D eigenvalue weighted by Gasteiger charge is -2.05. The molecule has 0 heterocycles. The van der Waals surface area contributed by atoms with Gasteiger partial charge < -0.3 is 10.4 Å². The summed E-state index contributed by atoms with van der Waals surface area (Å²) in [6, 6.07) is 18.6. The second-order valence-electron chi connectivity index (χ2n) is 4.81. The molecule has 0 saturated heterocycles. The Balaban J connectivity index is 1.91. The minimum absolute atomic E-state index is 0.0339. The van der Waals surface area contributed by atoms with Gasteiger partial charge >= 0.3 is 5.97 Å². The first-order valence-corrected chi connectivity index (χ1v) is 8.28. The number of hydrogen-bond donors (Lipinski definition) is 2. The molecule has 0 aromatic heterocycles. The second-order valence-corrected chi connectivity index (χ2v) is 5.83. The Morgan fingerprint density at radius 3 is 2.25 bits per heavy atom. The Hall–Kier alpha value is -2.79. The largest absolute Gasteiger partial charge is 0.477 e. The molecule has 0 fully saturated rings. The number of rotatable bonds is 7. The molecule has 24 heavy (non-hydrogen) atoms. The summed E-state index contributed by atoms with van der Waals surface area (Å²) in [4.78, 5) is 23.2. The fourth-order valence-electron chi connectivity index (χ4n) is 1.85. The summed E-state index contributed by atoms with van der Waals surface area (Å²) in [6.07, 6.45) is 4.98. The Kier molecular flexibility index (Phi) is 6.86. The van der Waals surface area contributed by atoms with Gasteiger partial charge in [0, 0.05) is 5.69 Å². The number of thioether (sulfide) groups is 1. The number of carbonyl (C=O) groups excluding carboxylic acids is 1. The number of aliphatic carboxylic acids is 1. The van der Waals surface area contributed by atoms with Crippen LogP contribution in [0, 0.1) is 0 Å². The van der Waals surface area contributed by atoms with Crippen LogP contribution in [-0.2, 0) is 9.59 Å². The van der Waals surface area contributed by atoms with Crippen molar-refractivity contribution in [3.63, 3.8) is 0 Å². The van der Waals surface area contributed by atoms with E-state index in [1.165, 1.54) is 6.08 Å². The number of hydrogen-bond acceptors (Lipinski definition) is 3. The summed E-state index contributed by atoms with van der Waals surface area (Å²) < 4.78 is 0. The van der Waals surface area contributed by atoms with Crippen molar-refractivity contribution < 1.29 is 14.7 Å². The Bertz CT molecular complexity index is 740. The molecule has 2 N–H and O–H groups in total. The van der Waals surface area contributed by atoms with Gasteiger partial charge in [0.1, 0.15) is 0 Å². The van der Waals surface area contributed by atoms with Crippen molar-refractivity contribution in [2.24, 2.45) is 0 Å². The number of allylic oxidation sites excluding steroid dienone is 2. The van der Waals surface area contributed by atoms with E-state index in [9.17, 15) is 14.7 Å². The molecule has 2 aromatic rings. The van der Waals surface area contributed by atoms with Gasteiger partial charge in [-0.25, -0.2) is 4.79 Å². The van der Waals surface area contributed by atoms with Crippen LogP contribution in [0.1, 0.15) is 5.56 Å². The molecule has 0 aliphatic carbocycles. The number of anilines is 1. The first-order chi connectivity index (χ1) is 11.6. The summed E-state index contributed by atoms with van der Waals surface area (Å²) in [7, 11) is 0. The third kappa shape index (κ3) is 6.14. The Morgan fingerprint density at radius 1 is 1.00 bits per heavy atom. The maximum atomic E-state index is 11.9. The van der Waals surface area contributed by atoms with Crippen LogP contribution < -0.4 is 5.32 Å². The molecule has 2 aromatic carbocycles. The third-order valence-electron chi connectivity index (χ3n) is 2.96. The normalized spacial score (nSPS) is 11.4. The third-order valence-corrected chi connectivity index (χ3v) is 3.99. The summed E-state index contributed by atoms with van der Waals surface area (Å²) in [5.41, 5.74) is 1.67. The van der Waals surface area contributed by atoms with Crippen LogP contribution in [0.3, 0.4) is 0 Å². The zero-order chi connectivity index (χ0) is 17.2. The van der Waals surface area contributed by atoms with Crippen molar-refractivity contribution in [3.05, 3.63) is 83.3 Å². The van der Waals surface area contributed by atoms with Crippen molar-refractivity contribution >= 4 is 35.4 Å². The van der Waals surface area contributed by atoms with Gasteiger partial charge in [0.05, 0.1) is 10.7 Å². The van der Waals surface area contributed by atoms with Crippen LogP contribution in [0.25, 0.3) is 6.08 Å². The maximum Gasteiger partial charge on any atom is 0.342 e. The smallest absolute Gasteiger partial charge is 0.342 e. The molecular formula is C19H17NO3S. The van der Waals surface area contributed by atoms with E-state index in [0.29, 0.717) is 5.69 Å². The van der Waals surface area contributed by atoms with E-state index in [2.05, 4.69) is 5.32 Å². The van der Waals surface area contributed by atoms with Gasteiger partial charge in [0.15, 0.2) is 0 Å². The minimum Gasteiger partial charge on any atom is -0.477 e. The van der Waals surface area contributed by atoms with Gasteiger partial charge in [-0.15, -0.1) is 11.8 Å². The monoisotopic (exact) mass is 339 g/mol. The number of benzene rings is 2. The topological polar surface area (TPSA) is 66.4 Å². The lowest BCUT2D eigenvalue weighted by atomic mass is 10.2. The zero-order valence-electron chi connectivity index (χ0n) is 12.9. The molecule has 122 valence electrons. The molecular weight excluding hydrogens is 322 g/mol. The molecule has 0 radical (unpaired) electrons. The highest BCUT2D eigenvalue weighted by molar-refractivity contribution is 8.04. The predicted molar refractivity (Wildman–Crippen MR) is 98.7 cm³/mol. The summed E-state index contributed by atoms with van der Waals surface area (Å²) in [5, 5.41) is 11.9. The van der Waals surface area contributed by atoms with Crippen molar-refractivity contribution in [2.45, 2.75) is 0 Å². The molecule has 0 unspecified atom stereocenters. The van der Waals surface area contributed by atoms with Crippen LogP contribution in [0.4, 0.5) is 5.69 Å². The summed E-state index contributed by atoms with van der Waals surface area (Å²) in [5.74, 6) is -1.26. The zero-order valence-corrected chi connectivity index (χ0v) is 13.7. The van der Waals surface area contributed by atoms with Crippen molar-refractivity contribution in [3.8, 4) is 0 Å². The highest BCUT2D eigenvalue weighted by Crippen LogP contribution is 2.17. The van der Waals surface area contributed by atoms with E-state index in [1.54, 1.807) is 18.2 Å². The lowest BCUT2D eigenvalue weighted by molar-refractivity contribution is -0.131. The fourth-order valence-corrected chi connectivity index (χ4v) is 2.51. The van der Waals surface area contributed by atoms with Gasteiger partial charge in [0.25, 0.3) is 0 Å². The molecule has 0 spiro atoms. The number of para-hydroxylation sites is 1. The van der Waals surface area contributed by atoms with Crippen molar-refractivity contribution in [1.82, 2.24) is 0 Å². The number of carboxylic acids is 1. The standard InChI is InChI=1S/C19H17NO3S/c21-18(20-16-11-5-2-6-12-16)14-24-17(19(22)23)13-7-10-15-8-3-1-4-9-15/h1-13H,14H2,(H,20,21)(H,22,23)/b10-7+,17-13+. The highest BCUT2D eigenvalue weighted by Gasteiger charge is 2.10. The van der Waals surface area contributed by atoms with Crippen LogP contribution in [0.15, 0.2) is 77.7 Å². The SMILES string of the molecule is O=C(CS/C(=C/C=C/c1ccccc1)C(=O)O)Nc1ccccc1. The molecule has 0 aliphatic rings. The van der Waals surface area contributed by atoms with Gasteiger partial charge in [-0.1, -0.05) is 60.7 Å². The first-order valence-electron chi connectivity index (χ1n) is 7.29. The van der Waals surface area contributed by atoms with Crippen LogP contribution in [0.5, 0.6) is 0 Å². The first kappa shape index (κ1) is 17.6. The second kappa shape index (κ2) is 9.37. The van der Waals surface area contributed by atoms with Gasteiger partial charge in [-0.3, -0.25) is 4.79 Å². The van der Waals surface area contributed by atoms with Gasteiger partial charge in [0.2, 0.25) is 5.91 Å². The molecule has 0 atom stereocenters. The fraction of sp³-hybridized carbons (Fsp3) is 0.0526. The summed E-state index contributed by atoms with van der Waals surface area (Å²) in [6.45, 7) is 0. The minimum atomic E-state index is -1.05. The van der Waals surface area contributed by atoms with Crippen LogP contribution >= 0.6 is 11.8 Å². The molecule has 5 heteroatoms. The number of carbonyl (C=O) groups is 2. The molecule has 0 aliphatic heterocycles. The Labute approximate surface area is 144 Å². The molecule has 1 amide bonds. The van der Waals surface area contributed by atoms with E-state index < -0.39 is 5.97 Å². The Morgan fingerprint density at radius 2 is 1.62 bits per heavy atom. The number of nitrogens with one attached hydrogen (secondary N) is 1. The quantitative estimate of drug-likeness (QED) is 0.590. The molecule has 4 nitrogen and oxygen atoms in total. The van der Waals surface area contributed by atoms with E-state index in [4.69, 9.17) is 0 Å². The van der Waals surface area contributed by atoms with Crippen molar-refractivity contribution in [1.29, 1.82) is 0 Å². The maximum absolute atomic E-state index is 11.9. The number of carboxylic acid groups (broad SMARTS) is 1. The van der Waals surface area contributed by atoms with Crippen molar-refractivity contribution in [2.75, 3.05) is 11.1 Å². The van der Waals surface area contributed by atoms with Gasteiger partial charge in [-0.05, 0) is 23.8 Å². The lowest BCUT2D eigenvalue weighted by Crippen LogP contribution is -2.14. The molecule has 0 bridgehead atoms. The highest BCUT2D eigenvalue weighted by atomic mass is 32.2. The molecule has 2 rings (SSSR count). The summed E-state index contributed by atoms with van der Waals surface area (Å²) >= 11 is 0.990. The average molecular weight is 339 g/mol. The van der Waals surface area contributed by atoms with Crippen LogP contribution in [-0.4, -0.2) is 22.7 Å². The average Bonchev–Trinajstić information content (AvgIpc) is 2.59. The van der Waals surface area contributed by atoms with E-state index in [-0.39, 0.29) is 16.6 Å².